The van der Waals surface area contributed by atoms with Gasteiger partial charge in [-0.3, -0.25) is 9.59 Å². The normalized spacial score (nSPS) is 12.1. The predicted octanol–water partition coefficient (Wildman–Crippen LogP) is 3.87. The van der Waals surface area contributed by atoms with Crippen LogP contribution >= 0.6 is 0 Å². The number of phenols is 1. The number of hydrogen-bond donors (Lipinski definition) is 2. The van der Waals surface area contributed by atoms with Crippen LogP contribution in [0.5, 0.6) is 5.75 Å². The van der Waals surface area contributed by atoms with Crippen molar-refractivity contribution in [3.05, 3.63) is 95.8 Å². The summed E-state index contributed by atoms with van der Waals surface area (Å²) < 4.78 is 13.3. The van der Waals surface area contributed by atoms with E-state index in [0.717, 1.165) is 10.4 Å². The summed E-state index contributed by atoms with van der Waals surface area (Å²) in [6.07, 6.45) is 0. The van der Waals surface area contributed by atoms with Crippen LogP contribution in [0.1, 0.15) is 37.9 Å². The molecule has 4 rings (SSSR count). The van der Waals surface area contributed by atoms with Gasteiger partial charge in [-0.25, -0.2) is 4.39 Å². The minimum absolute atomic E-state index is 0.0461. The van der Waals surface area contributed by atoms with Crippen molar-refractivity contribution in [2.45, 2.75) is 45.4 Å². The summed E-state index contributed by atoms with van der Waals surface area (Å²) in [6.45, 7) is 5.44. The van der Waals surface area contributed by atoms with Crippen LogP contribution in [0, 0.1) is 5.82 Å². The van der Waals surface area contributed by atoms with Crippen LogP contribution < -0.4 is 5.32 Å². The lowest BCUT2D eigenvalue weighted by Crippen LogP contribution is -2.49. The van der Waals surface area contributed by atoms with E-state index in [1.807, 2.05) is 51.1 Å². The fraction of sp³-hybridized carbons (Fsp3) is 0.250. The van der Waals surface area contributed by atoms with Crippen molar-refractivity contribution in [3.8, 4) is 17.1 Å². The number of amides is 2. The first kappa shape index (κ1) is 26.5. The Morgan fingerprint density at radius 2 is 1.66 bits per heavy atom. The van der Waals surface area contributed by atoms with Gasteiger partial charge in [-0.1, -0.05) is 42.5 Å². The summed E-state index contributed by atoms with van der Waals surface area (Å²) in [4.78, 5) is 30.0. The van der Waals surface area contributed by atoms with Crippen molar-refractivity contribution in [3.63, 3.8) is 0 Å². The van der Waals surface area contributed by atoms with Crippen molar-refractivity contribution in [2.24, 2.45) is 0 Å². The number of aromatic hydroxyl groups is 1. The fourth-order valence-corrected chi connectivity index (χ4v) is 3.91. The number of benzene rings is 3. The van der Waals surface area contributed by atoms with Crippen molar-refractivity contribution in [2.75, 3.05) is 0 Å². The predicted molar refractivity (Wildman–Crippen MR) is 139 cm³/mol. The van der Waals surface area contributed by atoms with Crippen molar-refractivity contribution in [1.29, 1.82) is 0 Å². The van der Waals surface area contributed by atoms with E-state index in [9.17, 15) is 19.1 Å². The molecule has 1 unspecified atom stereocenters. The van der Waals surface area contributed by atoms with E-state index in [-0.39, 0.29) is 36.4 Å². The Hall–Kier alpha value is -4.60. The molecular weight excluding hydrogens is 487 g/mol. The van der Waals surface area contributed by atoms with E-state index in [4.69, 9.17) is 0 Å². The lowest BCUT2D eigenvalue weighted by Gasteiger charge is -2.33. The highest BCUT2D eigenvalue weighted by atomic mass is 19.1. The molecule has 9 nitrogen and oxygen atoms in total. The average molecular weight is 517 g/mol. The first-order chi connectivity index (χ1) is 18.1. The summed E-state index contributed by atoms with van der Waals surface area (Å²) in [6, 6.07) is 20.2. The zero-order chi connectivity index (χ0) is 27.3. The molecule has 196 valence electrons. The van der Waals surface area contributed by atoms with Crippen molar-refractivity contribution in [1.82, 2.24) is 30.4 Å². The summed E-state index contributed by atoms with van der Waals surface area (Å²) in [5.41, 5.74) is 1.36. The smallest absolute Gasteiger partial charge is 0.247 e. The number of nitrogens with one attached hydrogen (secondary N) is 1. The van der Waals surface area contributed by atoms with Gasteiger partial charge in [0.05, 0.1) is 0 Å². The Balaban J connectivity index is 1.68. The molecule has 1 aromatic heterocycles. The molecule has 0 fully saturated rings. The highest BCUT2D eigenvalue weighted by Crippen LogP contribution is 2.27. The van der Waals surface area contributed by atoms with E-state index >= 15 is 0 Å². The number of nitrogens with zero attached hydrogens (tertiary/aromatic N) is 5. The zero-order valence-electron chi connectivity index (χ0n) is 21.4. The first-order valence-electron chi connectivity index (χ1n) is 12.1. The number of carbonyl (C=O) groups excluding carboxylic acids is 2. The van der Waals surface area contributed by atoms with Gasteiger partial charge in [0.1, 0.15) is 24.2 Å². The lowest BCUT2D eigenvalue weighted by atomic mass is 10.0. The molecule has 0 aliphatic carbocycles. The molecular formula is C28H29FN6O3. The molecule has 38 heavy (non-hydrogen) atoms. The molecule has 0 aliphatic heterocycles. The second-order valence-electron chi connectivity index (χ2n) is 9.89. The molecule has 4 aromatic rings. The largest absolute Gasteiger partial charge is 0.508 e. The second kappa shape index (κ2) is 11.2. The van der Waals surface area contributed by atoms with Crippen LogP contribution in [-0.2, 0) is 22.7 Å². The molecule has 0 spiro atoms. The van der Waals surface area contributed by atoms with Crippen molar-refractivity contribution >= 4 is 11.8 Å². The Morgan fingerprint density at radius 1 is 1.00 bits per heavy atom. The van der Waals surface area contributed by atoms with E-state index in [1.54, 1.807) is 12.1 Å². The number of phenolic OH excluding ortho intramolecular Hbond substituents is 1. The number of rotatable bonds is 8. The maximum Gasteiger partial charge on any atom is 0.247 e. The topological polar surface area (TPSA) is 113 Å². The molecule has 2 amide bonds. The summed E-state index contributed by atoms with van der Waals surface area (Å²) in [7, 11) is 0. The lowest BCUT2D eigenvalue weighted by molar-refractivity contribution is -0.143. The second-order valence-corrected chi connectivity index (χ2v) is 9.89. The third-order valence-corrected chi connectivity index (χ3v) is 5.62. The molecule has 0 aliphatic rings. The van der Waals surface area contributed by atoms with Crippen LogP contribution in [-0.4, -0.2) is 47.6 Å². The van der Waals surface area contributed by atoms with E-state index in [1.165, 1.54) is 41.3 Å². The number of carbonyl (C=O) groups is 2. The van der Waals surface area contributed by atoms with Crippen LogP contribution in [0.2, 0.25) is 0 Å². The summed E-state index contributed by atoms with van der Waals surface area (Å²) in [5.74, 6) is -0.885. The third kappa shape index (κ3) is 6.78. The van der Waals surface area contributed by atoms with E-state index in [2.05, 4.69) is 20.7 Å². The standard InChI is InChI=1S/C28H29FN6O3/c1-28(2,3)30-27(38)25(20-11-15-23(36)16-12-20)34(17-19-7-5-4-6-8-19)24(37)18-35-32-26(31-33-35)21-9-13-22(29)14-10-21/h4-16,25,36H,17-18H2,1-3H3,(H,30,38). The molecule has 3 aromatic carbocycles. The van der Waals surface area contributed by atoms with Gasteiger partial charge in [0, 0.05) is 17.6 Å². The zero-order valence-corrected chi connectivity index (χ0v) is 21.4. The average Bonchev–Trinajstić information content (AvgIpc) is 3.33. The molecule has 0 bridgehead atoms. The monoisotopic (exact) mass is 516 g/mol. The Morgan fingerprint density at radius 3 is 2.29 bits per heavy atom. The summed E-state index contributed by atoms with van der Waals surface area (Å²) in [5, 5.41) is 25.1. The molecule has 0 saturated heterocycles. The number of tetrazole rings is 1. The first-order valence-corrected chi connectivity index (χ1v) is 12.1. The molecule has 2 N–H and O–H groups in total. The fourth-order valence-electron chi connectivity index (χ4n) is 3.91. The van der Waals surface area contributed by atoms with Crippen molar-refractivity contribution < 1.29 is 19.1 Å². The van der Waals surface area contributed by atoms with Gasteiger partial charge < -0.3 is 15.3 Å². The van der Waals surface area contributed by atoms with Gasteiger partial charge in [0.25, 0.3) is 0 Å². The van der Waals surface area contributed by atoms with Gasteiger partial charge in [-0.15, -0.1) is 10.2 Å². The van der Waals surface area contributed by atoms with Crippen LogP contribution in [0.3, 0.4) is 0 Å². The molecule has 1 heterocycles. The number of hydrogen-bond acceptors (Lipinski definition) is 6. The van der Waals surface area contributed by atoms with Gasteiger partial charge in [0.2, 0.25) is 17.6 Å². The number of halogens is 1. The maximum absolute atomic E-state index is 13.8. The minimum Gasteiger partial charge on any atom is -0.508 e. The van der Waals surface area contributed by atoms with Crippen LogP contribution in [0.4, 0.5) is 4.39 Å². The minimum atomic E-state index is -0.998. The van der Waals surface area contributed by atoms with Crippen LogP contribution in [0.25, 0.3) is 11.4 Å². The molecule has 10 heteroatoms. The van der Waals surface area contributed by atoms with Gasteiger partial charge in [0.15, 0.2) is 0 Å². The van der Waals surface area contributed by atoms with E-state index < -0.39 is 17.5 Å². The Bertz CT molecular complexity index is 1380. The third-order valence-electron chi connectivity index (χ3n) is 5.62. The van der Waals surface area contributed by atoms with Gasteiger partial charge in [-0.2, -0.15) is 4.80 Å². The SMILES string of the molecule is CC(C)(C)NC(=O)C(c1ccc(O)cc1)N(Cc1ccccc1)C(=O)Cn1nnc(-c2ccc(F)cc2)n1. The van der Waals surface area contributed by atoms with Gasteiger partial charge >= 0.3 is 0 Å². The quantitative estimate of drug-likeness (QED) is 0.368. The molecule has 0 radical (unpaired) electrons. The molecule has 0 saturated carbocycles. The number of aromatic nitrogens is 4. The highest BCUT2D eigenvalue weighted by Gasteiger charge is 2.33. The van der Waals surface area contributed by atoms with Gasteiger partial charge in [-0.05, 0) is 73.5 Å². The Kier molecular flexibility index (Phi) is 7.80. The summed E-state index contributed by atoms with van der Waals surface area (Å²) >= 11 is 0. The van der Waals surface area contributed by atoms with E-state index in [0.29, 0.717) is 11.1 Å². The molecule has 1 atom stereocenters. The van der Waals surface area contributed by atoms with Crippen LogP contribution in [0.15, 0.2) is 78.9 Å². The maximum atomic E-state index is 13.8. The Labute approximate surface area is 219 Å². The highest BCUT2D eigenvalue weighted by molar-refractivity contribution is 5.89.